The second kappa shape index (κ2) is 5.73. The Hall–Kier alpha value is -1.71. The Kier molecular flexibility index (Phi) is 3.81. The number of hydrogen-bond donors (Lipinski definition) is 1. The number of rotatable bonds is 4. The lowest BCUT2D eigenvalue weighted by molar-refractivity contribution is 0.637. The standard InChI is InChI=1S/C17H18N2S/c1-3-18-17(14-9-8-12(2)19-11-14)16-10-13-6-4-5-7-15(13)20-16/h4-11,17-18H,3H2,1-2H3. The highest BCUT2D eigenvalue weighted by Crippen LogP contribution is 2.32. The Bertz CT molecular complexity index is 667. The van der Waals surface area contributed by atoms with E-state index in [1.165, 1.54) is 20.5 Å². The van der Waals surface area contributed by atoms with Crippen LogP contribution in [0.3, 0.4) is 0 Å². The van der Waals surface area contributed by atoms with Crippen molar-refractivity contribution in [1.82, 2.24) is 10.3 Å². The Morgan fingerprint density at radius 2 is 2.05 bits per heavy atom. The summed E-state index contributed by atoms with van der Waals surface area (Å²) in [5.74, 6) is 0. The average molecular weight is 282 g/mol. The van der Waals surface area contributed by atoms with Gasteiger partial charge in [0.15, 0.2) is 0 Å². The maximum atomic E-state index is 4.43. The summed E-state index contributed by atoms with van der Waals surface area (Å²) in [6, 6.07) is 15.3. The Balaban J connectivity index is 2.03. The predicted molar refractivity (Wildman–Crippen MR) is 86.3 cm³/mol. The van der Waals surface area contributed by atoms with Gasteiger partial charge in [-0.1, -0.05) is 31.2 Å². The molecule has 0 fully saturated rings. The van der Waals surface area contributed by atoms with Gasteiger partial charge in [0.1, 0.15) is 0 Å². The molecule has 0 bridgehead atoms. The summed E-state index contributed by atoms with van der Waals surface area (Å²) in [7, 11) is 0. The van der Waals surface area contributed by atoms with Crippen LogP contribution in [0.1, 0.15) is 29.1 Å². The van der Waals surface area contributed by atoms with Crippen molar-refractivity contribution in [3.05, 3.63) is 64.8 Å². The van der Waals surface area contributed by atoms with Crippen LogP contribution >= 0.6 is 11.3 Å². The van der Waals surface area contributed by atoms with E-state index in [0.29, 0.717) is 0 Å². The summed E-state index contributed by atoms with van der Waals surface area (Å²) in [5, 5.41) is 4.88. The third-order valence-electron chi connectivity index (χ3n) is 3.40. The van der Waals surface area contributed by atoms with Gasteiger partial charge in [-0.15, -0.1) is 11.3 Å². The topological polar surface area (TPSA) is 24.9 Å². The molecule has 0 saturated carbocycles. The number of benzene rings is 1. The second-order valence-electron chi connectivity index (χ2n) is 4.91. The second-order valence-corrected chi connectivity index (χ2v) is 6.03. The first kappa shape index (κ1) is 13.3. The number of fused-ring (bicyclic) bond motifs is 1. The minimum atomic E-state index is 0.227. The fourth-order valence-corrected chi connectivity index (χ4v) is 3.55. The van der Waals surface area contributed by atoms with Gasteiger partial charge in [0.25, 0.3) is 0 Å². The average Bonchev–Trinajstić information content (AvgIpc) is 2.89. The van der Waals surface area contributed by atoms with Crippen LogP contribution < -0.4 is 5.32 Å². The molecule has 0 radical (unpaired) electrons. The van der Waals surface area contributed by atoms with E-state index in [0.717, 1.165) is 12.2 Å². The lowest BCUT2D eigenvalue weighted by atomic mass is 10.1. The maximum Gasteiger partial charge on any atom is 0.0686 e. The van der Waals surface area contributed by atoms with Crippen molar-refractivity contribution in [2.45, 2.75) is 19.9 Å². The normalized spacial score (nSPS) is 12.7. The molecule has 20 heavy (non-hydrogen) atoms. The van der Waals surface area contributed by atoms with Crippen LogP contribution in [0.2, 0.25) is 0 Å². The highest BCUT2D eigenvalue weighted by Gasteiger charge is 2.16. The first-order valence-electron chi connectivity index (χ1n) is 6.92. The van der Waals surface area contributed by atoms with Crippen LogP contribution in [-0.4, -0.2) is 11.5 Å². The van der Waals surface area contributed by atoms with Crippen LogP contribution in [0.25, 0.3) is 10.1 Å². The molecule has 1 N–H and O–H groups in total. The van der Waals surface area contributed by atoms with E-state index in [-0.39, 0.29) is 6.04 Å². The molecule has 3 rings (SSSR count). The van der Waals surface area contributed by atoms with E-state index >= 15 is 0 Å². The molecule has 0 saturated heterocycles. The molecule has 2 nitrogen and oxygen atoms in total. The number of pyridine rings is 1. The Labute approximate surface area is 123 Å². The number of hydrogen-bond acceptors (Lipinski definition) is 3. The molecule has 2 aromatic heterocycles. The lowest BCUT2D eigenvalue weighted by Gasteiger charge is -2.16. The summed E-state index contributed by atoms with van der Waals surface area (Å²) < 4.78 is 1.34. The molecule has 1 unspecified atom stereocenters. The van der Waals surface area contributed by atoms with Crippen LogP contribution in [-0.2, 0) is 0 Å². The van der Waals surface area contributed by atoms with Crippen LogP contribution in [0.5, 0.6) is 0 Å². The number of nitrogens with one attached hydrogen (secondary N) is 1. The zero-order chi connectivity index (χ0) is 13.9. The molecule has 0 aliphatic carbocycles. The van der Waals surface area contributed by atoms with Gasteiger partial charge in [-0.2, -0.15) is 0 Å². The first-order valence-corrected chi connectivity index (χ1v) is 7.74. The van der Waals surface area contributed by atoms with Gasteiger partial charge in [-0.3, -0.25) is 4.98 Å². The van der Waals surface area contributed by atoms with Crippen molar-refractivity contribution in [2.75, 3.05) is 6.54 Å². The number of thiophene rings is 1. The predicted octanol–water partition coefficient (Wildman–Crippen LogP) is 4.30. The molecular formula is C17H18N2S. The quantitative estimate of drug-likeness (QED) is 0.771. The molecule has 0 aliphatic heterocycles. The number of aryl methyl sites for hydroxylation is 1. The zero-order valence-electron chi connectivity index (χ0n) is 11.8. The third kappa shape index (κ3) is 2.60. The summed E-state index contributed by atoms with van der Waals surface area (Å²) in [6.07, 6.45) is 1.98. The third-order valence-corrected chi connectivity index (χ3v) is 4.59. The molecule has 0 spiro atoms. The van der Waals surface area contributed by atoms with E-state index < -0.39 is 0 Å². The van der Waals surface area contributed by atoms with Gasteiger partial charge in [0, 0.05) is 21.5 Å². The van der Waals surface area contributed by atoms with E-state index in [9.17, 15) is 0 Å². The lowest BCUT2D eigenvalue weighted by Crippen LogP contribution is -2.21. The van der Waals surface area contributed by atoms with Gasteiger partial charge in [-0.05, 0) is 42.6 Å². The van der Waals surface area contributed by atoms with Crippen molar-refractivity contribution in [3.63, 3.8) is 0 Å². The Morgan fingerprint density at radius 3 is 2.75 bits per heavy atom. The molecule has 1 atom stereocenters. The van der Waals surface area contributed by atoms with Gasteiger partial charge >= 0.3 is 0 Å². The van der Waals surface area contributed by atoms with E-state index in [1.807, 2.05) is 24.5 Å². The van der Waals surface area contributed by atoms with Crippen LogP contribution in [0, 0.1) is 6.92 Å². The van der Waals surface area contributed by atoms with Crippen molar-refractivity contribution in [2.24, 2.45) is 0 Å². The minimum absolute atomic E-state index is 0.227. The van der Waals surface area contributed by atoms with Gasteiger partial charge < -0.3 is 5.32 Å². The SMILES string of the molecule is CCNC(c1ccc(C)nc1)c1cc2ccccc2s1. The fourth-order valence-electron chi connectivity index (χ4n) is 2.38. The Morgan fingerprint density at radius 1 is 1.20 bits per heavy atom. The summed E-state index contributed by atoms with van der Waals surface area (Å²) in [6.45, 7) is 5.10. The molecule has 0 aliphatic rings. The highest BCUT2D eigenvalue weighted by molar-refractivity contribution is 7.19. The molecule has 3 heteroatoms. The van der Waals surface area contributed by atoms with Gasteiger partial charge in [0.05, 0.1) is 6.04 Å². The van der Waals surface area contributed by atoms with E-state index in [1.54, 1.807) is 0 Å². The van der Waals surface area contributed by atoms with Gasteiger partial charge in [-0.25, -0.2) is 0 Å². The van der Waals surface area contributed by atoms with Gasteiger partial charge in [0.2, 0.25) is 0 Å². The maximum absolute atomic E-state index is 4.43. The molecule has 0 amide bonds. The van der Waals surface area contributed by atoms with Crippen molar-refractivity contribution < 1.29 is 0 Å². The van der Waals surface area contributed by atoms with Crippen LogP contribution in [0.4, 0.5) is 0 Å². The number of nitrogens with zero attached hydrogens (tertiary/aromatic N) is 1. The smallest absolute Gasteiger partial charge is 0.0686 e. The fraction of sp³-hybridized carbons (Fsp3) is 0.235. The largest absolute Gasteiger partial charge is 0.306 e. The molecule has 2 heterocycles. The molecular weight excluding hydrogens is 264 g/mol. The van der Waals surface area contributed by atoms with Crippen molar-refractivity contribution in [3.8, 4) is 0 Å². The molecule has 1 aromatic carbocycles. The van der Waals surface area contributed by atoms with E-state index in [4.69, 9.17) is 0 Å². The van der Waals surface area contributed by atoms with Crippen molar-refractivity contribution >= 4 is 21.4 Å². The van der Waals surface area contributed by atoms with Crippen LogP contribution in [0.15, 0.2) is 48.7 Å². The summed E-state index contributed by atoms with van der Waals surface area (Å²) in [4.78, 5) is 5.77. The summed E-state index contributed by atoms with van der Waals surface area (Å²) in [5.41, 5.74) is 2.28. The van der Waals surface area contributed by atoms with Crippen molar-refractivity contribution in [1.29, 1.82) is 0 Å². The molecule has 3 aromatic rings. The zero-order valence-corrected chi connectivity index (χ0v) is 12.6. The highest BCUT2D eigenvalue weighted by atomic mass is 32.1. The monoisotopic (exact) mass is 282 g/mol. The minimum Gasteiger partial charge on any atom is -0.306 e. The molecule has 102 valence electrons. The first-order chi connectivity index (χ1) is 9.78. The number of aromatic nitrogens is 1. The van der Waals surface area contributed by atoms with E-state index in [2.05, 4.69) is 59.7 Å². The summed E-state index contributed by atoms with van der Waals surface area (Å²) >= 11 is 1.85.